The lowest BCUT2D eigenvalue weighted by Crippen LogP contribution is -2.08. The van der Waals surface area contributed by atoms with E-state index in [4.69, 9.17) is 0 Å². The quantitative estimate of drug-likeness (QED) is 0.664. The molecule has 0 aliphatic heterocycles. The van der Waals surface area contributed by atoms with Crippen LogP contribution in [0.5, 0.6) is 0 Å². The first-order valence-corrected chi connectivity index (χ1v) is 5.92. The van der Waals surface area contributed by atoms with Gasteiger partial charge in [-0.3, -0.25) is 0 Å². The monoisotopic (exact) mass is 207 g/mol. The maximum absolute atomic E-state index is 4.67. The highest BCUT2D eigenvalue weighted by Crippen LogP contribution is 2.32. The molecule has 0 bridgehead atoms. The summed E-state index contributed by atoms with van der Waals surface area (Å²) in [6, 6.07) is 0. The number of rotatable bonds is 0. The van der Waals surface area contributed by atoms with Gasteiger partial charge in [0.15, 0.2) is 0 Å². The van der Waals surface area contributed by atoms with E-state index in [1.54, 1.807) is 11.3 Å². The molecule has 2 aromatic rings. The molecule has 0 saturated carbocycles. The molecular formula is C10H13N3S. The fourth-order valence-corrected chi connectivity index (χ4v) is 3.01. The molecule has 3 nitrogen and oxygen atoms in total. The molecule has 2 aromatic heterocycles. The molecule has 74 valence electrons. The van der Waals surface area contributed by atoms with Gasteiger partial charge in [-0.25, -0.2) is 9.50 Å². The Morgan fingerprint density at radius 3 is 3.21 bits per heavy atom. The Kier molecular flexibility index (Phi) is 1.68. The average molecular weight is 207 g/mol. The number of imidazole rings is 1. The summed E-state index contributed by atoms with van der Waals surface area (Å²) in [4.78, 5) is 5.74. The van der Waals surface area contributed by atoms with Gasteiger partial charge in [-0.15, -0.1) is 0 Å². The zero-order valence-corrected chi connectivity index (χ0v) is 9.27. The third kappa shape index (κ3) is 1.03. The standard InChI is InChI=1S/C10H13N3S/c1-6-4-3-5-8-9(6)11-10-13(8)12-7(2)14-10/h6H,3-5H2,1-2H3. The first-order valence-electron chi connectivity index (χ1n) is 5.10. The third-order valence-corrected chi connectivity index (χ3v) is 3.77. The van der Waals surface area contributed by atoms with E-state index in [0.717, 1.165) is 16.4 Å². The minimum absolute atomic E-state index is 0.618. The molecule has 0 fully saturated rings. The SMILES string of the molecule is Cc1nn2c3c(nc2s1)C(C)CCC3. The van der Waals surface area contributed by atoms with Crippen LogP contribution in [0.4, 0.5) is 0 Å². The maximum atomic E-state index is 4.67. The highest BCUT2D eigenvalue weighted by molar-refractivity contribution is 7.16. The van der Waals surface area contributed by atoms with Gasteiger partial charge in [0.25, 0.3) is 0 Å². The van der Waals surface area contributed by atoms with Gasteiger partial charge < -0.3 is 0 Å². The molecular weight excluding hydrogens is 194 g/mol. The van der Waals surface area contributed by atoms with Gasteiger partial charge in [-0.1, -0.05) is 18.3 Å². The molecule has 0 aromatic carbocycles. The highest BCUT2D eigenvalue weighted by atomic mass is 32.1. The topological polar surface area (TPSA) is 30.2 Å². The third-order valence-electron chi connectivity index (χ3n) is 2.95. The zero-order valence-electron chi connectivity index (χ0n) is 8.45. The van der Waals surface area contributed by atoms with Crippen LogP contribution in [0, 0.1) is 6.92 Å². The molecule has 0 saturated heterocycles. The van der Waals surface area contributed by atoms with Crippen molar-refractivity contribution in [3.05, 3.63) is 16.4 Å². The van der Waals surface area contributed by atoms with Crippen molar-refractivity contribution in [1.29, 1.82) is 0 Å². The second kappa shape index (κ2) is 2.79. The van der Waals surface area contributed by atoms with Crippen molar-refractivity contribution < 1.29 is 0 Å². The van der Waals surface area contributed by atoms with Crippen LogP contribution >= 0.6 is 11.3 Å². The Labute approximate surface area is 86.8 Å². The van der Waals surface area contributed by atoms with Crippen molar-refractivity contribution in [3.63, 3.8) is 0 Å². The number of hydrogen-bond donors (Lipinski definition) is 0. The van der Waals surface area contributed by atoms with Gasteiger partial charge in [-0.05, 0) is 26.2 Å². The van der Waals surface area contributed by atoms with Crippen molar-refractivity contribution in [1.82, 2.24) is 14.6 Å². The zero-order chi connectivity index (χ0) is 9.71. The fraction of sp³-hybridized carbons (Fsp3) is 0.600. The Morgan fingerprint density at radius 1 is 1.50 bits per heavy atom. The van der Waals surface area contributed by atoms with Crippen LogP contribution < -0.4 is 0 Å². The number of hydrogen-bond acceptors (Lipinski definition) is 3. The lowest BCUT2D eigenvalue weighted by Gasteiger charge is -2.16. The van der Waals surface area contributed by atoms with E-state index in [9.17, 15) is 0 Å². The minimum atomic E-state index is 0.618. The summed E-state index contributed by atoms with van der Waals surface area (Å²) >= 11 is 1.69. The Balaban J connectivity index is 2.29. The number of aryl methyl sites for hydroxylation is 2. The fourth-order valence-electron chi connectivity index (χ4n) is 2.24. The van der Waals surface area contributed by atoms with Crippen molar-refractivity contribution in [2.24, 2.45) is 0 Å². The van der Waals surface area contributed by atoms with E-state index in [-0.39, 0.29) is 0 Å². The van der Waals surface area contributed by atoms with E-state index >= 15 is 0 Å². The first-order chi connectivity index (χ1) is 6.75. The minimum Gasteiger partial charge on any atom is -0.222 e. The number of nitrogens with zero attached hydrogens (tertiary/aromatic N) is 3. The van der Waals surface area contributed by atoms with Crippen LogP contribution in [0.25, 0.3) is 4.96 Å². The van der Waals surface area contributed by atoms with Crippen molar-refractivity contribution in [2.75, 3.05) is 0 Å². The van der Waals surface area contributed by atoms with Crippen LogP contribution in [0.3, 0.4) is 0 Å². The molecule has 1 atom stereocenters. The summed E-state index contributed by atoms with van der Waals surface area (Å²) in [6.45, 7) is 4.31. The lowest BCUT2D eigenvalue weighted by molar-refractivity contribution is 0.565. The maximum Gasteiger partial charge on any atom is 0.212 e. The molecule has 0 N–H and O–H groups in total. The van der Waals surface area contributed by atoms with E-state index in [0.29, 0.717) is 5.92 Å². The lowest BCUT2D eigenvalue weighted by atomic mass is 9.92. The molecule has 0 radical (unpaired) electrons. The van der Waals surface area contributed by atoms with Gasteiger partial charge in [0.05, 0.1) is 11.4 Å². The second-order valence-corrected chi connectivity index (χ2v) is 5.21. The average Bonchev–Trinajstić information content (AvgIpc) is 2.63. The summed E-state index contributed by atoms with van der Waals surface area (Å²) in [7, 11) is 0. The molecule has 4 heteroatoms. The molecule has 1 unspecified atom stereocenters. The first kappa shape index (κ1) is 8.41. The van der Waals surface area contributed by atoms with Gasteiger partial charge in [0, 0.05) is 5.92 Å². The number of aromatic nitrogens is 3. The second-order valence-electron chi connectivity index (χ2n) is 4.05. The summed E-state index contributed by atoms with van der Waals surface area (Å²) in [5.41, 5.74) is 2.64. The van der Waals surface area contributed by atoms with E-state index in [1.807, 2.05) is 11.4 Å². The van der Waals surface area contributed by atoms with Crippen LogP contribution in [0.2, 0.25) is 0 Å². The van der Waals surface area contributed by atoms with Crippen LogP contribution in [0.1, 0.15) is 42.1 Å². The largest absolute Gasteiger partial charge is 0.222 e. The van der Waals surface area contributed by atoms with E-state index in [1.165, 1.54) is 24.2 Å². The molecule has 0 amide bonds. The molecule has 14 heavy (non-hydrogen) atoms. The number of fused-ring (bicyclic) bond motifs is 3. The molecule has 1 aliphatic rings. The molecule has 2 heterocycles. The Bertz CT molecular complexity index is 483. The smallest absolute Gasteiger partial charge is 0.212 e. The van der Waals surface area contributed by atoms with Crippen molar-refractivity contribution >= 4 is 16.3 Å². The van der Waals surface area contributed by atoms with E-state index < -0.39 is 0 Å². The molecule has 1 aliphatic carbocycles. The van der Waals surface area contributed by atoms with Gasteiger partial charge in [0.1, 0.15) is 5.01 Å². The molecule has 0 spiro atoms. The summed E-state index contributed by atoms with van der Waals surface area (Å²) in [6.07, 6.45) is 3.69. The highest BCUT2D eigenvalue weighted by Gasteiger charge is 2.23. The van der Waals surface area contributed by atoms with Crippen molar-refractivity contribution in [2.45, 2.75) is 39.0 Å². The predicted molar refractivity (Wildman–Crippen MR) is 57.0 cm³/mol. The summed E-state index contributed by atoms with van der Waals surface area (Å²) < 4.78 is 2.05. The van der Waals surface area contributed by atoms with Gasteiger partial charge >= 0.3 is 0 Å². The Hall–Kier alpha value is -0.900. The van der Waals surface area contributed by atoms with Crippen LogP contribution in [-0.4, -0.2) is 14.6 Å². The van der Waals surface area contributed by atoms with Gasteiger partial charge in [-0.2, -0.15) is 5.10 Å². The van der Waals surface area contributed by atoms with Crippen molar-refractivity contribution in [3.8, 4) is 0 Å². The normalized spacial score (nSPS) is 21.4. The predicted octanol–water partition coefficient (Wildman–Crippen LogP) is 2.54. The van der Waals surface area contributed by atoms with Crippen LogP contribution in [-0.2, 0) is 6.42 Å². The summed E-state index contributed by atoms with van der Waals surface area (Å²) in [5, 5.41) is 5.60. The Morgan fingerprint density at radius 2 is 2.36 bits per heavy atom. The van der Waals surface area contributed by atoms with Crippen LogP contribution in [0.15, 0.2) is 0 Å². The van der Waals surface area contributed by atoms with Gasteiger partial charge in [0.2, 0.25) is 4.96 Å². The molecule has 3 rings (SSSR count). The summed E-state index contributed by atoms with van der Waals surface area (Å²) in [5.74, 6) is 0.618. The van der Waals surface area contributed by atoms with E-state index in [2.05, 4.69) is 17.0 Å².